The number of hydrogen-bond donors (Lipinski definition) is 1. The molecule has 7 heteroatoms. The van der Waals surface area contributed by atoms with Crippen LogP contribution in [0.4, 0.5) is 5.69 Å². The summed E-state index contributed by atoms with van der Waals surface area (Å²) in [6.45, 7) is 0.234. The predicted octanol–water partition coefficient (Wildman–Crippen LogP) is 3.08. The number of fused-ring (bicyclic) bond motifs is 1. The van der Waals surface area contributed by atoms with Gasteiger partial charge in [-0.1, -0.05) is 18.2 Å². The average Bonchev–Trinajstić information content (AvgIpc) is 2.83. The molecule has 0 saturated carbocycles. The number of ether oxygens (including phenoxy) is 3. The molecule has 0 saturated heterocycles. The number of aliphatic hydroxyl groups is 1. The summed E-state index contributed by atoms with van der Waals surface area (Å²) in [6.07, 6.45) is -0.263. The number of hydrogen-bond acceptors (Lipinski definition) is 6. The molecule has 0 aromatic heterocycles. The van der Waals surface area contributed by atoms with Gasteiger partial charge in [-0.3, -0.25) is 4.79 Å². The van der Waals surface area contributed by atoms with E-state index in [9.17, 15) is 14.7 Å². The lowest BCUT2D eigenvalue weighted by Gasteiger charge is -2.23. The van der Waals surface area contributed by atoms with E-state index in [1.54, 1.807) is 50.6 Å². The summed E-state index contributed by atoms with van der Waals surface area (Å²) >= 11 is 0. The Morgan fingerprint density at radius 3 is 2.46 bits per heavy atom. The van der Waals surface area contributed by atoms with Crippen LogP contribution in [0.25, 0.3) is 5.76 Å². The Kier molecular flexibility index (Phi) is 5.54. The molecule has 1 amide bonds. The Morgan fingerprint density at radius 1 is 1.07 bits per heavy atom. The minimum atomic E-state index is -0.728. The fourth-order valence-corrected chi connectivity index (χ4v) is 3.16. The number of carbonyl (C=O) groups excluding carboxylic acids is 2. The number of amides is 1. The highest BCUT2D eigenvalue weighted by Gasteiger charge is 2.31. The van der Waals surface area contributed by atoms with E-state index in [2.05, 4.69) is 0 Å². The van der Waals surface area contributed by atoms with E-state index in [-0.39, 0.29) is 30.2 Å². The molecule has 2 aromatic carbocycles. The van der Waals surface area contributed by atoms with E-state index < -0.39 is 5.97 Å². The van der Waals surface area contributed by atoms with Gasteiger partial charge in [0.1, 0.15) is 5.76 Å². The molecule has 0 radical (unpaired) electrons. The zero-order valence-electron chi connectivity index (χ0n) is 15.9. The fraction of sp³-hybridized carbons (Fsp3) is 0.238. The fourth-order valence-electron chi connectivity index (χ4n) is 3.16. The maximum absolute atomic E-state index is 13.0. The lowest BCUT2D eigenvalue weighted by Crippen LogP contribution is -2.30. The summed E-state index contributed by atoms with van der Waals surface area (Å²) in [5, 5.41) is 10.6. The van der Waals surface area contributed by atoms with Crippen LogP contribution in [0.5, 0.6) is 11.5 Å². The quantitative estimate of drug-likeness (QED) is 0.799. The molecule has 0 aliphatic carbocycles. The summed E-state index contributed by atoms with van der Waals surface area (Å²) in [7, 11) is 4.30. The summed E-state index contributed by atoms with van der Waals surface area (Å²) in [5.41, 5.74) is 1.66. The second-order valence-electron chi connectivity index (χ2n) is 6.18. The molecule has 0 spiro atoms. The highest BCUT2D eigenvalue weighted by atomic mass is 16.5. The van der Waals surface area contributed by atoms with Crippen molar-refractivity contribution in [2.45, 2.75) is 13.0 Å². The van der Waals surface area contributed by atoms with Crippen LogP contribution in [0.3, 0.4) is 0 Å². The summed E-state index contributed by atoms with van der Waals surface area (Å²) in [4.78, 5) is 26.5. The molecular weight excluding hydrogens is 362 g/mol. The minimum absolute atomic E-state index is 0.0604. The number of anilines is 1. The van der Waals surface area contributed by atoms with Crippen LogP contribution in [-0.4, -0.2) is 38.3 Å². The number of benzene rings is 2. The van der Waals surface area contributed by atoms with Crippen molar-refractivity contribution in [3.63, 3.8) is 0 Å². The minimum Gasteiger partial charge on any atom is -0.507 e. The predicted molar refractivity (Wildman–Crippen MR) is 103 cm³/mol. The van der Waals surface area contributed by atoms with E-state index in [0.29, 0.717) is 22.7 Å². The SMILES string of the molecule is COC(=O)C1=C(O)c2ccccc2N(Cc2ccc(OC)c(OC)c2)C(=O)C1. The van der Waals surface area contributed by atoms with Crippen molar-refractivity contribution >= 4 is 23.3 Å². The van der Waals surface area contributed by atoms with Crippen molar-refractivity contribution in [1.82, 2.24) is 0 Å². The first kappa shape index (κ1) is 19.3. The van der Waals surface area contributed by atoms with Crippen LogP contribution in [0.2, 0.25) is 0 Å². The lowest BCUT2D eigenvalue weighted by atomic mass is 10.1. The molecule has 1 heterocycles. The molecule has 2 aromatic rings. The molecule has 28 heavy (non-hydrogen) atoms. The first-order valence-corrected chi connectivity index (χ1v) is 8.61. The molecule has 0 atom stereocenters. The third-order valence-corrected chi connectivity index (χ3v) is 4.59. The normalized spacial score (nSPS) is 13.7. The van der Waals surface area contributed by atoms with Gasteiger partial charge in [-0.15, -0.1) is 0 Å². The monoisotopic (exact) mass is 383 g/mol. The number of para-hydroxylation sites is 1. The van der Waals surface area contributed by atoms with E-state index in [4.69, 9.17) is 14.2 Å². The molecule has 7 nitrogen and oxygen atoms in total. The Balaban J connectivity index is 2.03. The Labute approximate surface area is 162 Å². The summed E-state index contributed by atoms with van der Waals surface area (Å²) in [5.74, 6) is -0.168. The van der Waals surface area contributed by atoms with Crippen molar-refractivity contribution in [3.05, 3.63) is 59.2 Å². The van der Waals surface area contributed by atoms with Crippen molar-refractivity contribution in [2.75, 3.05) is 26.2 Å². The van der Waals surface area contributed by atoms with Gasteiger partial charge in [0.2, 0.25) is 5.91 Å². The first-order valence-electron chi connectivity index (χ1n) is 8.61. The van der Waals surface area contributed by atoms with Crippen molar-refractivity contribution in [2.24, 2.45) is 0 Å². The topological polar surface area (TPSA) is 85.3 Å². The van der Waals surface area contributed by atoms with Gasteiger partial charge in [-0.25, -0.2) is 4.79 Å². The Morgan fingerprint density at radius 2 is 1.79 bits per heavy atom. The zero-order chi connectivity index (χ0) is 20.3. The van der Waals surface area contributed by atoms with Gasteiger partial charge in [0.25, 0.3) is 0 Å². The van der Waals surface area contributed by atoms with Gasteiger partial charge in [0.15, 0.2) is 11.5 Å². The molecule has 1 N–H and O–H groups in total. The number of esters is 1. The molecule has 1 aliphatic heterocycles. The van der Waals surface area contributed by atoms with Crippen molar-refractivity contribution in [1.29, 1.82) is 0 Å². The summed E-state index contributed by atoms with van der Waals surface area (Å²) in [6, 6.07) is 12.3. The number of aliphatic hydroxyl groups excluding tert-OH is 1. The van der Waals surface area contributed by atoms with Gasteiger partial charge in [-0.2, -0.15) is 0 Å². The van der Waals surface area contributed by atoms with Crippen LogP contribution < -0.4 is 14.4 Å². The van der Waals surface area contributed by atoms with E-state index in [0.717, 1.165) is 5.56 Å². The number of carbonyl (C=O) groups is 2. The highest BCUT2D eigenvalue weighted by molar-refractivity contribution is 6.09. The smallest absolute Gasteiger partial charge is 0.338 e. The van der Waals surface area contributed by atoms with E-state index in [1.807, 2.05) is 6.07 Å². The second kappa shape index (κ2) is 8.04. The number of rotatable bonds is 5. The molecule has 1 aliphatic rings. The second-order valence-corrected chi connectivity index (χ2v) is 6.18. The standard InChI is InChI=1S/C21H21NO6/c1-26-17-9-8-13(10-18(17)27-2)12-22-16-7-5-4-6-14(16)20(24)15(11-19(22)23)21(25)28-3/h4-10,24H,11-12H2,1-3H3. The third-order valence-electron chi connectivity index (χ3n) is 4.59. The van der Waals surface area contributed by atoms with Gasteiger partial charge in [0, 0.05) is 5.56 Å². The van der Waals surface area contributed by atoms with Crippen LogP contribution in [0, 0.1) is 0 Å². The Bertz CT molecular complexity index is 950. The van der Waals surface area contributed by atoms with E-state index >= 15 is 0 Å². The molecule has 0 fully saturated rings. The maximum atomic E-state index is 13.0. The largest absolute Gasteiger partial charge is 0.507 e. The van der Waals surface area contributed by atoms with Gasteiger partial charge < -0.3 is 24.2 Å². The maximum Gasteiger partial charge on any atom is 0.338 e. The summed E-state index contributed by atoms with van der Waals surface area (Å²) < 4.78 is 15.3. The Hall–Kier alpha value is -3.48. The third kappa shape index (κ3) is 3.51. The lowest BCUT2D eigenvalue weighted by molar-refractivity contribution is -0.137. The molecule has 146 valence electrons. The van der Waals surface area contributed by atoms with Crippen LogP contribution >= 0.6 is 0 Å². The zero-order valence-corrected chi connectivity index (χ0v) is 15.9. The van der Waals surface area contributed by atoms with Crippen LogP contribution in [-0.2, 0) is 20.9 Å². The first-order chi connectivity index (χ1) is 13.5. The number of methoxy groups -OCH3 is 3. The molecule has 3 rings (SSSR count). The van der Waals surface area contributed by atoms with Gasteiger partial charge >= 0.3 is 5.97 Å². The molecule has 0 bridgehead atoms. The van der Waals surface area contributed by atoms with Gasteiger partial charge in [-0.05, 0) is 29.8 Å². The molecule has 0 unspecified atom stereocenters. The van der Waals surface area contributed by atoms with Crippen molar-refractivity contribution < 1.29 is 28.9 Å². The highest BCUT2D eigenvalue weighted by Crippen LogP contribution is 2.35. The van der Waals surface area contributed by atoms with Crippen molar-refractivity contribution in [3.8, 4) is 11.5 Å². The average molecular weight is 383 g/mol. The number of nitrogens with zero attached hydrogens (tertiary/aromatic N) is 1. The van der Waals surface area contributed by atoms with E-state index in [1.165, 1.54) is 12.0 Å². The van der Waals surface area contributed by atoms with Crippen LogP contribution in [0.1, 0.15) is 17.5 Å². The van der Waals surface area contributed by atoms with Crippen LogP contribution in [0.15, 0.2) is 48.0 Å². The van der Waals surface area contributed by atoms with Gasteiger partial charge in [0.05, 0.1) is 45.6 Å². The molecular formula is C21H21NO6.